The molecule has 86 valence electrons. The normalized spacial score (nSPS) is 9.62. The lowest BCUT2D eigenvalue weighted by Crippen LogP contribution is -2.19. The predicted molar refractivity (Wildman–Crippen MR) is 57.5 cm³/mol. The molecule has 0 spiro atoms. The molecule has 16 heavy (non-hydrogen) atoms. The second kappa shape index (κ2) is 5.16. The van der Waals surface area contributed by atoms with Crippen molar-refractivity contribution >= 4 is 11.9 Å². The Morgan fingerprint density at radius 2 is 2.12 bits per heavy atom. The summed E-state index contributed by atoms with van der Waals surface area (Å²) in [4.78, 5) is 21.6. The summed E-state index contributed by atoms with van der Waals surface area (Å²) >= 11 is 0. The number of aromatic carboxylic acids is 1. The van der Waals surface area contributed by atoms with Crippen LogP contribution < -0.4 is 10.1 Å². The van der Waals surface area contributed by atoms with Crippen molar-refractivity contribution in [3.8, 4) is 5.75 Å². The Hall–Kier alpha value is -2.04. The van der Waals surface area contributed by atoms with Crippen molar-refractivity contribution < 1.29 is 19.4 Å². The topological polar surface area (TPSA) is 75.6 Å². The van der Waals surface area contributed by atoms with E-state index in [0.717, 1.165) is 0 Å². The zero-order valence-electron chi connectivity index (χ0n) is 9.11. The van der Waals surface area contributed by atoms with Crippen molar-refractivity contribution in [3.63, 3.8) is 0 Å². The first-order chi connectivity index (χ1) is 7.54. The van der Waals surface area contributed by atoms with E-state index in [-0.39, 0.29) is 11.5 Å². The smallest absolute Gasteiger partial charge is 0.339 e. The van der Waals surface area contributed by atoms with Crippen molar-refractivity contribution in [1.82, 2.24) is 5.32 Å². The van der Waals surface area contributed by atoms with E-state index in [1.165, 1.54) is 20.1 Å². The first-order valence-electron chi connectivity index (χ1n) is 4.69. The fraction of sp³-hybridized carbons (Fsp3) is 0.273. The van der Waals surface area contributed by atoms with Crippen molar-refractivity contribution in [2.45, 2.75) is 13.5 Å². The minimum atomic E-state index is -1.05. The zero-order valence-corrected chi connectivity index (χ0v) is 9.11. The van der Waals surface area contributed by atoms with Crippen LogP contribution in [0.2, 0.25) is 0 Å². The van der Waals surface area contributed by atoms with E-state index >= 15 is 0 Å². The number of rotatable bonds is 4. The number of carbonyl (C=O) groups excluding carboxylic acids is 1. The Kier molecular flexibility index (Phi) is 3.88. The number of benzene rings is 1. The van der Waals surface area contributed by atoms with Gasteiger partial charge in [-0.15, -0.1) is 0 Å². The molecule has 0 aliphatic carbocycles. The van der Waals surface area contributed by atoms with Gasteiger partial charge in [-0.1, -0.05) is 6.07 Å². The molecule has 0 saturated carbocycles. The Balaban J connectivity index is 2.93. The molecule has 1 rings (SSSR count). The van der Waals surface area contributed by atoms with Crippen molar-refractivity contribution in [1.29, 1.82) is 0 Å². The summed E-state index contributed by atoms with van der Waals surface area (Å²) in [6, 6.07) is 4.76. The van der Waals surface area contributed by atoms with E-state index in [0.29, 0.717) is 17.9 Å². The van der Waals surface area contributed by atoms with E-state index in [2.05, 4.69) is 5.32 Å². The summed E-state index contributed by atoms with van der Waals surface area (Å²) in [5.41, 5.74) is 0.804. The van der Waals surface area contributed by atoms with Crippen LogP contribution in [-0.2, 0) is 11.3 Å². The SMILES string of the molecule is COc1ccc(CNC(C)=O)cc1C(=O)O. The molecular formula is C11H13NO4. The van der Waals surface area contributed by atoms with Gasteiger partial charge in [-0.3, -0.25) is 4.79 Å². The second-order valence-electron chi connectivity index (χ2n) is 3.25. The number of amides is 1. The lowest BCUT2D eigenvalue weighted by atomic mass is 10.1. The number of carbonyl (C=O) groups is 2. The van der Waals surface area contributed by atoms with E-state index in [4.69, 9.17) is 9.84 Å². The minimum absolute atomic E-state index is 0.0883. The number of ether oxygens (including phenoxy) is 1. The Labute approximate surface area is 93.0 Å². The number of hydrogen-bond acceptors (Lipinski definition) is 3. The quantitative estimate of drug-likeness (QED) is 0.799. The summed E-state index contributed by atoms with van der Waals surface area (Å²) in [5, 5.41) is 11.5. The third-order valence-corrected chi connectivity index (χ3v) is 2.04. The van der Waals surface area contributed by atoms with Crippen LogP contribution in [0.4, 0.5) is 0 Å². The lowest BCUT2D eigenvalue weighted by molar-refractivity contribution is -0.119. The van der Waals surface area contributed by atoms with Crippen LogP contribution in [0, 0.1) is 0 Å². The number of carboxylic acid groups (broad SMARTS) is 1. The van der Waals surface area contributed by atoms with Crippen LogP contribution in [0.15, 0.2) is 18.2 Å². The van der Waals surface area contributed by atoms with Gasteiger partial charge in [-0.25, -0.2) is 4.79 Å². The summed E-state index contributed by atoms with van der Waals surface area (Å²) in [7, 11) is 1.41. The molecule has 1 amide bonds. The number of carboxylic acids is 1. The van der Waals surface area contributed by atoms with E-state index < -0.39 is 5.97 Å². The van der Waals surface area contributed by atoms with Gasteiger partial charge in [0, 0.05) is 13.5 Å². The molecular weight excluding hydrogens is 210 g/mol. The summed E-state index contributed by atoms with van der Waals surface area (Å²) in [6.45, 7) is 1.71. The van der Waals surface area contributed by atoms with Crippen LogP contribution in [0.3, 0.4) is 0 Å². The maximum absolute atomic E-state index is 10.9. The highest BCUT2D eigenvalue weighted by Crippen LogP contribution is 2.19. The summed E-state index contributed by atoms with van der Waals surface area (Å²) < 4.78 is 4.92. The Bertz CT molecular complexity index is 414. The molecule has 2 N–H and O–H groups in total. The van der Waals surface area contributed by atoms with Gasteiger partial charge in [0.2, 0.25) is 5.91 Å². The fourth-order valence-corrected chi connectivity index (χ4v) is 1.26. The van der Waals surface area contributed by atoms with Crippen LogP contribution in [0.25, 0.3) is 0 Å². The van der Waals surface area contributed by atoms with E-state index in [1.807, 2.05) is 0 Å². The predicted octanol–water partition coefficient (Wildman–Crippen LogP) is 1.03. The van der Waals surface area contributed by atoms with Gasteiger partial charge in [0.15, 0.2) is 0 Å². The third kappa shape index (κ3) is 2.98. The number of hydrogen-bond donors (Lipinski definition) is 2. The molecule has 0 radical (unpaired) electrons. The van der Waals surface area contributed by atoms with E-state index in [1.54, 1.807) is 12.1 Å². The maximum atomic E-state index is 10.9. The molecule has 1 aromatic carbocycles. The molecule has 0 aromatic heterocycles. The number of methoxy groups -OCH3 is 1. The fourth-order valence-electron chi connectivity index (χ4n) is 1.26. The maximum Gasteiger partial charge on any atom is 0.339 e. The highest BCUT2D eigenvalue weighted by molar-refractivity contribution is 5.91. The second-order valence-corrected chi connectivity index (χ2v) is 3.25. The lowest BCUT2D eigenvalue weighted by Gasteiger charge is -2.07. The molecule has 1 aromatic rings. The molecule has 0 aliphatic rings. The molecule has 0 fully saturated rings. The van der Waals surface area contributed by atoms with Gasteiger partial charge in [0.25, 0.3) is 0 Å². The third-order valence-electron chi connectivity index (χ3n) is 2.04. The summed E-state index contributed by atoms with van der Waals surface area (Å²) in [6.07, 6.45) is 0. The van der Waals surface area contributed by atoms with Gasteiger partial charge in [0.1, 0.15) is 11.3 Å². The molecule has 5 nitrogen and oxygen atoms in total. The Morgan fingerprint density at radius 3 is 2.62 bits per heavy atom. The largest absolute Gasteiger partial charge is 0.496 e. The average Bonchev–Trinajstić information content (AvgIpc) is 2.25. The molecule has 0 saturated heterocycles. The zero-order chi connectivity index (χ0) is 12.1. The molecule has 0 aliphatic heterocycles. The molecule has 5 heteroatoms. The van der Waals surface area contributed by atoms with Crippen LogP contribution in [0.5, 0.6) is 5.75 Å². The average molecular weight is 223 g/mol. The van der Waals surface area contributed by atoms with Crippen LogP contribution >= 0.6 is 0 Å². The number of nitrogens with one attached hydrogen (secondary N) is 1. The highest BCUT2D eigenvalue weighted by Gasteiger charge is 2.11. The monoisotopic (exact) mass is 223 g/mol. The van der Waals surface area contributed by atoms with Crippen molar-refractivity contribution in [2.75, 3.05) is 7.11 Å². The van der Waals surface area contributed by atoms with E-state index in [9.17, 15) is 9.59 Å². The minimum Gasteiger partial charge on any atom is -0.496 e. The summed E-state index contributed by atoms with van der Waals surface area (Å²) in [5.74, 6) is -0.909. The van der Waals surface area contributed by atoms with Gasteiger partial charge >= 0.3 is 5.97 Å². The van der Waals surface area contributed by atoms with Crippen LogP contribution in [0.1, 0.15) is 22.8 Å². The van der Waals surface area contributed by atoms with Crippen LogP contribution in [-0.4, -0.2) is 24.1 Å². The van der Waals surface area contributed by atoms with Gasteiger partial charge in [-0.2, -0.15) is 0 Å². The molecule has 0 unspecified atom stereocenters. The molecule has 0 atom stereocenters. The van der Waals surface area contributed by atoms with Gasteiger partial charge in [-0.05, 0) is 17.7 Å². The van der Waals surface area contributed by atoms with Gasteiger partial charge in [0.05, 0.1) is 7.11 Å². The molecule has 0 bridgehead atoms. The van der Waals surface area contributed by atoms with Crippen molar-refractivity contribution in [2.24, 2.45) is 0 Å². The first-order valence-corrected chi connectivity index (χ1v) is 4.69. The Morgan fingerprint density at radius 1 is 1.44 bits per heavy atom. The molecule has 0 heterocycles. The first kappa shape index (κ1) is 12.0. The standard InChI is InChI=1S/C11H13NO4/c1-7(13)12-6-8-3-4-10(16-2)9(5-8)11(14)15/h3-5H,6H2,1-2H3,(H,12,13)(H,14,15). The highest BCUT2D eigenvalue weighted by atomic mass is 16.5. The van der Waals surface area contributed by atoms with Gasteiger partial charge < -0.3 is 15.2 Å². The van der Waals surface area contributed by atoms with Crippen molar-refractivity contribution in [3.05, 3.63) is 29.3 Å².